The molecule has 1 aromatic carbocycles. The van der Waals surface area contributed by atoms with Crippen LogP contribution in [0.5, 0.6) is 0 Å². The molecule has 2 nitrogen and oxygen atoms in total. The summed E-state index contributed by atoms with van der Waals surface area (Å²) < 4.78 is 0. The van der Waals surface area contributed by atoms with Crippen molar-refractivity contribution in [3.63, 3.8) is 0 Å². The Morgan fingerprint density at radius 3 is 2.69 bits per heavy atom. The maximum atomic E-state index is 9.10. The minimum absolute atomic E-state index is 0.481. The van der Waals surface area contributed by atoms with Gasteiger partial charge in [-0.3, -0.25) is 4.98 Å². The highest BCUT2D eigenvalue weighted by atomic mass is 14.7. The molecule has 0 saturated carbocycles. The summed E-state index contributed by atoms with van der Waals surface area (Å²) in [6.45, 7) is 5.87. The van der Waals surface area contributed by atoms with Crippen molar-refractivity contribution in [3.8, 4) is 6.07 Å². The van der Waals surface area contributed by atoms with Gasteiger partial charge in [0.15, 0.2) is 0 Å². The predicted molar refractivity (Wildman–Crippen MR) is 65.1 cm³/mol. The Balaban J connectivity index is 2.65. The smallest absolute Gasteiger partial charge is 0.0781 e. The lowest BCUT2D eigenvalue weighted by Gasteiger charge is -2.15. The summed E-state index contributed by atoms with van der Waals surface area (Å²) in [5, 5.41) is 10.2. The molecule has 0 radical (unpaired) electrons. The first kappa shape index (κ1) is 10.6. The summed E-state index contributed by atoms with van der Waals surface area (Å²) in [6, 6.07) is 10.5. The molecule has 0 fully saturated rings. The van der Waals surface area contributed by atoms with Crippen LogP contribution in [0.2, 0.25) is 0 Å². The van der Waals surface area contributed by atoms with Crippen molar-refractivity contribution >= 4 is 10.9 Å². The molecule has 0 aliphatic carbocycles. The van der Waals surface area contributed by atoms with Gasteiger partial charge in [0.25, 0.3) is 0 Å². The number of fused-ring (bicyclic) bond motifs is 1. The molecule has 1 heterocycles. The van der Waals surface area contributed by atoms with Crippen LogP contribution in [0, 0.1) is 18.3 Å². The van der Waals surface area contributed by atoms with Crippen LogP contribution in [-0.2, 0) is 5.41 Å². The minimum Gasteiger partial charge on any atom is -0.256 e. The number of hydrogen-bond donors (Lipinski definition) is 0. The van der Waals surface area contributed by atoms with Crippen LogP contribution in [0.4, 0.5) is 0 Å². The fourth-order valence-corrected chi connectivity index (χ4v) is 1.66. The van der Waals surface area contributed by atoms with Crippen LogP contribution >= 0.6 is 0 Å². The molecule has 2 rings (SSSR count). The number of hydrogen-bond acceptors (Lipinski definition) is 2. The first-order valence-corrected chi connectivity index (χ1v) is 5.31. The van der Waals surface area contributed by atoms with Crippen molar-refractivity contribution in [1.82, 2.24) is 4.98 Å². The third-order valence-corrected chi connectivity index (χ3v) is 2.84. The molecule has 0 aliphatic rings. The monoisotopic (exact) mass is 210 g/mol. The average molecular weight is 210 g/mol. The number of aromatic nitrogens is 1. The van der Waals surface area contributed by atoms with E-state index >= 15 is 0 Å². The van der Waals surface area contributed by atoms with Gasteiger partial charge < -0.3 is 0 Å². The third kappa shape index (κ3) is 1.77. The van der Waals surface area contributed by atoms with Crippen molar-refractivity contribution in [2.75, 3.05) is 0 Å². The average Bonchev–Trinajstić information content (AvgIpc) is 2.28. The highest BCUT2D eigenvalue weighted by Gasteiger charge is 2.20. The van der Waals surface area contributed by atoms with Gasteiger partial charge in [0, 0.05) is 11.6 Å². The van der Waals surface area contributed by atoms with Gasteiger partial charge in [-0.25, -0.2) is 0 Å². The van der Waals surface area contributed by atoms with E-state index in [0.717, 1.165) is 16.5 Å². The van der Waals surface area contributed by atoms with E-state index in [9.17, 15) is 0 Å². The van der Waals surface area contributed by atoms with Crippen LogP contribution in [-0.4, -0.2) is 4.98 Å². The number of pyridine rings is 1. The minimum atomic E-state index is -0.481. The van der Waals surface area contributed by atoms with Crippen LogP contribution in [0.25, 0.3) is 10.9 Å². The van der Waals surface area contributed by atoms with E-state index in [2.05, 4.69) is 30.1 Å². The standard InChI is InChI=1S/C14H14N2/c1-10-4-5-13-11(6-10)7-12(8-16-13)14(2,3)9-15/h4-8H,1-3H3. The summed E-state index contributed by atoms with van der Waals surface area (Å²) in [5.41, 5.74) is 2.67. The zero-order valence-corrected chi connectivity index (χ0v) is 9.78. The maximum absolute atomic E-state index is 9.10. The van der Waals surface area contributed by atoms with E-state index in [0.29, 0.717) is 0 Å². The highest BCUT2D eigenvalue weighted by molar-refractivity contribution is 5.80. The summed E-state index contributed by atoms with van der Waals surface area (Å²) in [4.78, 5) is 4.39. The van der Waals surface area contributed by atoms with Gasteiger partial charge in [0.2, 0.25) is 0 Å². The molecule has 0 spiro atoms. The molecule has 16 heavy (non-hydrogen) atoms. The molecule has 0 saturated heterocycles. The zero-order chi connectivity index (χ0) is 11.8. The largest absolute Gasteiger partial charge is 0.256 e. The first-order chi connectivity index (χ1) is 7.53. The zero-order valence-electron chi connectivity index (χ0n) is 9.78. The number of rotatable bonds is 1. The summed E-state index contributed by atoms with van der Waals surface area (Å²) in [7, 11) is 0. The van der Waals surface area contributed by atoms with Crippen molar-refractivity contribution < 1.29 is 0 Å². The van der Waals surface area contributed by atoms with Crippen LogP contribution in [0.1, 0.15) is 25.0 Å². The molecule has 0 N–H and O–H groups in total. The van der Waals surface area contributed by atoms with Gasteiger partial charge in [0.1, 0.15) is 0 Å². The van der Waals surface area contributed by atoms with Gasteiger partial charge in [-0.2, -0.15) is 5.26 Å². The van der Waals surface area contributed by atoms with E-state index < -0.39 is 5.41 Å². The highest BCUT2D eigenvalue weighted by Crippen LogP contribution is 2.24. The van der Waals surface area contributed by atoms with Crippen molar-refractivity contribution in [3.05, 3.63) is 41.6 Å². The molecule has 80 valence electrons. The lowest BCUT2D eigenvalue weighted by Crippen LogP contribution is -2.13. The van der Waals surface area contributed by atoms with Crippen molar-refractivity contribution in [2.45, 2.75) is 26.2 Å². The molecular weight excluding hydrogens is 196 g/mol. The topological polar surface area (TPSA) is 36.7 Å². The van der Waals surface area contributed by atoms with E-state index in [-0.39, 0.29) is 0 Å². The Kier molecular flexibility index (Phi) is 2.40. The molecule has 0 bridgehead atoms. The number of nitriles is 1. The van der Waals surface area contributed by atoms with Gasteiger partial charge in [-0.15, -0.1) is 0 Å². The predicted octanol–water partition coefficient (Wildman–Crippen LogP) is 3.34. The summed E-state index contributed by atoms with van der Waals surface area (Å²) >= 11 is 0. The van der Waals surface area contributed by atoms with E-state index in [4.69, 9.17) is 5.26 Å². The Labute approximate surface area is 95.6 Å². The normalized spacial score (nSPS) is 11.4. The van der Waals surface area contributed by atoms with Crippen LogP contribution in [0.15, 0.2) is 30.5 Å². The number of aryl methyl sites for hydroxylation is 1. The van der Waals surface area contributed by atoms with E-state index in [1.807, 2.05) is 26.0 Å². The van der Waals surface area contributed by atoms with Crippen molar-refractivity contribution in [1.29, 1.82) is 5.26 Å². The quantitative estimate of drug-likeness (QED) is 0.723. The van der Waals surface area contributed by atoms with Crippen LogP contribution < -0.4 is 0 Å². The van der Waals surface area contributed by atoms with E-state index in [1.54, 1.807) is 6.20 Å². The second-order valence-electron chi connectivity index (χ2n) is 4.66. The lowest BCUT2D eigenvalue weighted by molar-refractivity contribution is 0.684. The van der Waals surface area contributed by atoms with Crippen molar-refractivity contribution in [2.24, 2.45) is 0 Å². The molecule has 2 aromatic rings. The fourth-order valence-electron chi connectivity index (χ4n) is 1.66. The Hall–Kier alpha value is -1.88. The summed E-state index contributed by atoms with van der Waals surface area (Å²) in [6.07, 6.45) is 1.79. The summed E-state index contributed by atoms with van der Waals surface area (Å²) in [5.74, 6) is 0. The van der Waals surface area contributed by atoms with Gasteiger partial charge >= 0.3 is 0 Å². The fraction of sp³-hybridized carbons (Fsp3) is 0.286. The molecule has 0 amide bonds. The lowest BCUT2D eigenvalue weighted by atomic mass is 9.87. The maximum Gasteiger partial charge on any atom is 0.0781 e. The second-order valence-corrected chi connectivity index (χ2v) is 4.66. The molecular formula is C14H14N2. The molecule has 2 heteroatoms. The van der Waals surface area contributed by atoms with Crippen LogP contribution in [0.3, 0.4) is 0 Å². The third-order valence-electron chi connectivity index (χ3n) is 2.84. The second kappa shape index (κ2) is 3.61. The van der Waals surface area contributed by atoms with Gasteiger partial charge in [-0.05, 0) is 44.5 Å². The Morgan fingerprint density at radius 2 is 2.00 bits per heavy atom. The van der Waals surface area contributed by atoms with Gasteiger partial charge in [0.05, 0.1) is 17.0 Å². The number of benzene rings is 1. The first-order valence-electron chi connectivity index (χ1n) is 5.31. The van der Waals surface area contributed by atoms with Gasteiger partial charge in [-0.1, -0.05) is 11.6 Å². The number of nitrogens with zero attached hydrogens (tertiary/aromatic N) is 2. The Morgan fingerprint density at radius 1 is 1.25 bits per heavy atom. The molecule has 1 aromatic heterocycles. The van der Waals surface area contributed by atoms with E-state index in [1.165, 1.54) is 5.56 Å². The molecule has 0 unspecified atom stereocenters. The SMILES string of the molecule is Cc1ccc2ncc(C(C)(C)C#N)cc2c1. The molecule has 0 atom stereocenters. The molecule has 0 aliphatic heterocycles. The Bertz CT molecular complexity index is 577.